The Balaban J connectivity index is 1.79. The van der Waals surface area contributed by atoms with E-state index < -0.39 is 11.4 Å². The number of hydrogen-bond donors (Lipinski definition) is 1. The summed E-state index contributed by atoms with van der Waals surface area (Å²) in [5.74, 6) is -0.117. The molecular formula is C22H22N2O5. The first-order valence-electron chi connectivity index (χ1n) is 9.66. The summed E-state index contributed by atoms with van der Waals surface area (Å²) in [7, 11) is 1.55. The maximum Gasteiger partial charge on any atom is 0.341 e. The second-order valence-corrected chi connectivity index (χ2v) is 7.76. The number of carboxylic acids is 1. The highest BCUT2D eigenvalue weighted by molar-refractivity contribution is 5.87. The van der Waals surface area contributed by atoms with Crippen LogP contribution in [0, 0.1) is 16.7 Å². The highest BCUT2D eigenvalue weighted by atomic mass is 16.5. The van der Waals surface area contributed by atoms with E-state index in [-0.39, 0.29) is 17.0 Å². The van der Waals surface area contributed by atoms with Gasteiger partial charge in [-0.3, -0.25) is 4.79 Å². The molecule has 1 aliphatic heterocycles. The summed E-state index contributed by atoms with van der Waals surface area (Å²) in [6, 6.07) is 7.49. The Morgan fingerprint density at radius 2 is 2.10 bits per heavy atom. The van der Waals surface area contributed by atoms with Gasteiger partial charge in [-0.25, -0.2) is 4.79 Å². The Morgan fingerprint density at radius 3 is 2.69 bits per heavy atom. The van der Waals surface area contributed by atoms with Crippen LogP contribution in [0.4, 0.5) is 0 Å². The van der Waals surface area contributed by atoms with Crippen LogP contribution < -0.4 is 14.9 Å². The SMILES string of the molecule is CCC1Cc2cc(OCC3(C#N)CC3)c(OC)cc2-c2cc(=O)c(C(=O)O)cn21. The molecule has 0 bridgehead atoms. The minimum absolute atomic E-state index is 0.0336. The molecule has 1 aromatic carbocycles. The average Bonchev–Trinajstić information content (AvgIpc) is 3.50. The van der Waals surface area contributed by atoms with Crippen LogP contribution in [0.2, 0.25) is 0 Å². The van der Waals surface area contributed by atoms with Crippen molar-refractivity contribution in [2.75, 3.05) is 13.7 Å². The molecule has 1 atom stereocenters. The van der Waals surface area contributed by atoms with E-state index in [2.05, 4.69) is 6.07 Å². The summed E-state index contributed by atoms with van der Waals surface area (Å²) in [5.41, 5.74) is 1.38. The summed E-state index contributed by atoms with van der Waals surface area (Å²) in [5, 5.41) is 18.6. The third-order valence-electron chi connectivity index (χ3n) is 5.89. The van der Waals surface area contributed by atoms with Gasteiger partial charge < -0.3 is 19.1 Å². The molecule has 0 amide bonds. The van der Waals surface area contributed by atoms with Crippen LogP contribution >= 0.6 is 0 Å². The molecule has 0 spiro atoms. The lowest BCUT2D eigenvalue weighted by Crippen LogP contribution is -2.25. The zero-order chi connectivity index (χ0) is 20.8. The Morgan fingerprint density at radius 1 is 1.34 bits per heavy atom. The van der Waals surface area contributed by atoms with Gasteiger partial charge in [0.25, 0.3) is 0 Å². The van der Waals surface area contributed by atoms with Gasteiger partial charge in [-0.1, -0.05) is 6.92 Å². The van der Waals surface area contributed by atoms with Gasteiger partial charge in [-0.2, -0.15) is 5.26 Å². The van der Waals surface area contributed by atoms with Gasteiger partial charge >= 0.3 is 5.97 Å². The van der Waals surface area contributed by atoms with Gasteiger partial charge in [0, 0.05) is 23.9 Å². The number of aromatic nitrogens is 1. The van der Waals surface area contributed by atoms with E-state index in [1.165, 1.54) is 12.3 Å². The molecule has 4 rings (SSSR count). The minimum Gasteiger partial charge on any atom is -0.493 e. The summed E-state index contributed by atoms with van der Waals surface area (Å²) in [6.45, 7) is 2.36. The molecule has 1 fully saturated rings. The van der Waals surface area contributed by atoms with Gasteiger partial charge in [-0.05, 0) is 43.4 Å². The van der Waals surface area contributed by atoms with Crippen molar-refractivity contribution in [3.63, 3.8) is 0 Å². The predicted octanol–water partition coefficient (Wildman–Crippen LogP) is 3.41. The number of methoxy groups -OCH3 is 1. The van der Waals surface area contributed by atoms with Crippen molar-refractivity contribution in [3.8, 4) is 28.8 Å². The van der Waals surface area contributed by atoms with E-state index in [4.69, 9.17) is 9.47 Å². The number of rotatable bonds is 6. The fraction of sp³-hybridized carbons (Fsp3) is 0.409. The van der Waals surface area contributed by atoms with Gasteiger partial charge in [0.15, 0.2) is 16.9 Å². The standard InChI is InChI=1S/C22H22N2O5/c1-3-14-6-13-7-20(29-12-22(11-23)4-5-22)19(28-2)8-15(13)17-9-18(25)16(21(26)27)10-24(14)17/h7-10,14H,3-6,12H2,1-2H3,(H,26,27). The maximum atomic E-state index is 12.3. The molecule has 1 aromatic heterocycles. The smallest absolute Gasteiger partial charge is 0.341 e. The third-order valence-corrected chi connectivity index (χ3v) is 5.89. The summed E-state index contributed by atoms with van der Waals surface area (Å²) in [4.78, 5) is 23.7. The van der Waals surface area contributed by atoms with Crippen molar-refractivity contribution in [2.24, 2.45) is 5.41 Å². The number of carboxylic acid groups (broad SMARTS) is 1. The summed E-state index contributed by atoms with van der Waals surface area (Å²) < 4.78 is 13.3. The first-order valence-corrected chi connectivity index (χ1v) is 9.66. The second kappa shape index (κ2) is 6.96. The van der Waals surface area contributed by atoms with Gasteiger partial charge in [0.05, 0.1) is 24.3 Å². The molecule has 1 saturated carbocycles. The normalized spacial score (nSPS) is 18.2. The highest BCUT2D eigenvalue weighted by Crippen LogP contribution is 2.47. The molecule has 1 unspecified atom stereocenters. The monoisotopic (exact) mass is 394 g/mol. The van der Waals surface area contributed by atoms with Crippen LogP contribution in [0.25, 0.3) is 11.3 Å². The van der Waals surface area contributed by atoms with Crippen LogP contribution in [0.15, 0.2) is 29.2 Å². The molecule has 2 aliphatic rings. The minimum atomic E-state index is -1.22. The molecule has 0 radical (unpaired) electrons. The van der Waals surface area contributed by atoms with E-state index in [1.807, 2.05) is 23.6 Å². The summed E-state index contributed by atoms with van der Waals surface area (Å²) in [6.07, 6.45) is 4.60. The van der Waals surface area contributed by atoms with Crippen molar-refractivity contribution >= 4 is 5.97 Å². The molecule has 2 heterocycles. The van der Waals surface area contributed by atoms with Crippen LogP contribution in [0.1, 0.15) is 48.1 Å². The predicted molar refractivity (Wildman–Crippen MR) is 105 cm³/mol. The fourth-order valence-electron chi connectivity index (χ4n) is 3.86. The number of aromatic carboxylic acids is 1. The lowest BCUT2D eigenvalue weighted by atomic mass is 9.90. The highest BCUT2D eigenvalue weighted by Gasteiger charge is 2.44. The van der Waals surface area contributed by atoms with E-state index >= 15 is 0 Å². The van der Waals surface area contributed by atoms with Gasteiger partial charge in [-0.15, -0.1) is 0 Å². The molecular weight excluding hydrogens is 372 g/mol. The zero-order valence-electron chi connectivity index (χ0n) is 16.4. The van der Waals surface area contributed by atoms with Crippen LogP contribution in [0.3, 0.4) is 0 Å². The van der Waals surface area contributed by atoms with Crippen molar-refractivity contribution in [1.82, 2.24) is 4.57 Å². The number of nitriles is 1. The van der Waals surface area contributed by atoms with Gasteiger partial charge in [0.1, 0.15) is 12.2 Å². The van der Waals surface area contributed by atoms with Crippen LogP contribution in [0.5, 0.6) is 11.5 Å². The molecule has 7 nitrogen and oxygen atoms in total. The maximum absolute atomic E-state index is 12.3. The number of pyridine rings is 1. The third kappa shape index (κ3) is 3.25. The second-order valence-electron chi connectivity index (χ2n) is 7.76. The molecule has 1 aliphatic carbocycles. The molecule has 150 valence electrons. The Bertz CT molecular complexity index is 1090. The lowest BCUT2D eigenvalue weighted by Gasteiger charge is -2.31. The fourth-order valence-corrected chi connectivity index (χ4v) is 3.86. The van der Waals surface area contributed by atoms with Gasteiger partial charge in [0.2, 0.25) is 0 Å². The molecule has 2 aromatic rings. The Kier molecular flexibility index (Phi) is 4.58. The zero-order valence-corrected chi connectivity index (χ0v) is 16.4. The quantitative estimate of drug-likeness (QED) is 0.806. The van der Waals surface area contributed by atoms with E-state index in [0.29, 0.717) is 30.2 Å². The van der Waals surface area contributed by atoms with E-state index in [0.717, 1.165) is 30.4 Å². The van der Waals surface area contributed by atoms with E-state index in [9.17, 15) is 20.0 Å². The van der Waals surface area contributed by atoms with Crippen LogP contribution in [-0.2, 0) is 6.42 Å². The largest absolute Gasteiger partial charge is 0.493 e. The number of carbonyl (C=O) groups is 1. The summed E-state index contributed by atoms with van der Waals surface area (Å²) >= 11 is 0. The lowest BCUT2D eigenvalue weighted by molar-refractivity contribution is 0.0694. The first kappa shape index (κ1) is 19.1. The number of nitrogens with zero attached hydrogens (tertiary/aromatic N) is 2. The van der Waals surface area contributed by atoms with Crippen molar-refractivity contribution < 1.29 is 19.4 Å². The van der Waals surface area contributed by atoms with E-state index in [1.54, 1.807) is 7.11 Å². The molecule has 1 N–H and O–H groups in total. The average molecular weight is 394 g/mol. The van der Waals surface area contributed by atoms with Crippen molar-refractivity contribution in [2.45, 2.75) is 38.6 Å². The number of ether oxygens (including phenoxy) is 2. The molecule has 7 heteroatoms. The topological polar surface area (TPSA) is 102 Å². The Labute approximate surface area is 168 Å². The Hall–Kier alpha value is -3.27. The number of benzene rings is 1. The van der Waals surface area contributed by atoms with Crippen LogP contribution in [-0.4, -0.2) is 29.4 Å². The number of fused-ring (bicyclic) bond motifs is 3. The number of hydrogen-bond acceptors (Lipinski definition) is 5. The molecule has 29 heavy (non-hydrogen) atoms. The molecule has 0 saturated heterocycles. The van der Waals surface area contributed by atoms with Crippen molar-refractivity contribution in [3.05, 3.63) is 45.7 Å². The van der Waals surface area contributed by atoms with Crippen molar-refractivity contribution in [1.29, 1.82) is 5.26 Å². The first-order chi connectivity index (χ1) is 13.9.